The van der Waals surface area contributed by atoms with Gasteiger partial charge in [0.1, 0.15) is 0 Å². The van der Waals surface area contributed by atoms with E-state index < -0.39 is 0 Å². The van der Waals surface area contributed by atoms with Crippen LogP contribution in [-0.2, 0) is 0 Å². The number of nitrogens with zero attached hydrogens (tertiary/aromatic N) is 3. The SMILES string of the molecule is CC(C)NC(C#N)CCN1CCN(C)CC1C. The van der Waals surface area contributed by atoms with E-state index in [1.54, 1.807) is 0 Å². The largest absolute Gasteiger partial charge is 0.304 e. The van der Waals surface area contributed by atoms with Crippen LogP contribution in [0.2, 0.25) is 0 Å². The lowest BCUT2D eigenvalue weighted by Gasteiger charge is -2.38. The standard InChI is InChI=1S/C13H26N4/c1-11(2)15-13(9-14)5-6-17-8-7-16(4)10-12(17)3/h11-13,15H,5-8,10H2,1-4H3. The van der Waals surface area contributed by atoms with Gasteiger partial charge in [0.15, 0.2) is 0 Å². The van der Waals surface area contributed by atoms with E-state index in [2.05, 4.69) is 49.0 Å². The van der Waals surface area contributed by atoms with Gasteiger partial charge in [-0.15, -0.1) is 0 Å². The first-order valence-corrected chi connectivity index (χ1v) is 6.61. The average Bonchev–Trinajstić information content (AvgIpc) is 2.25. The smallest absolute Gasteiger partial charge is 0.0967 e. The second-order valence-electron chi connectivity index (χ2n) is 5.44. The van der Waals surface area contributed by atoms with Crippen LogP contribution >= 0.6 is 0 Å². The van der Waals surface area contributed by atoms with E-state index in [0.29, 0.717) is 12.1 Å². The second kappa shape index (κ2) is 6.95. The van der Waals surface area contributed by atoms with Crippen molar-refractivity contribution >= 4 is 0 Å². The molecule has 1 saturated heterocycles. The molecule has 0 bridgehead atoms. The Balaban J connectivity index is 2.31. The molecule has 1 aliphatic rings. The molecule has 0 spiro atoms. The van der Waals surface area contributed by atoms with Crippen LogP contribution in [-0.4, -0.2) is 61.2 Å². The van der Waals surface area contributed by atoms with Crippen LogP contribution in [0.4, 0.5) is 0 Å². The molecule has 4 heteroatoms. The summed E-state index contributed by atoms with van der Waals surface area (Å²) in [5.74, 6) is 0. The van der Waals surface area contributed by atoms with Crippen molar-refractivity contribution in [3.05, 3.63) is 0 Å². The average molecular weight is 238 g/mol. The van der Waals surface area contributed by atoms with Gasteiger partial charge in [-0.2, -0.15) is 5.26 Å². The Morgan fingerprint density at radius 3 is 2.65 bits per heavy atom. The zero-order valence-corrected chi connectivity index (χ0v) is 11.6. The highest BCUT2D eigenvalue weighted by Crippen LogP contribution is 2.09. The summed E-state index contributed by atoms with van der Waals surface area (Å²) in [6.45, 7) is 10.9. The maximum absolute atomic E-state index is 9.07. The third kappa shape index (κ3) is 5.03. The minimum Gasteiger partial charge on any atom is -0.304 e. The Kier molecular flexibility index (Phi) is 5.90. The summed E-state index contributed by atoms with van der Waals surface area (Å²) in [5.41, 5.74) is 0. The molecule has 1 fully saturated rings. The summed E-state index contributed by atoms with van der Waals surface area (Å²) in [7, 11) is 2.17. The van der Waals surface area contributed by atoms with E-state index in [1.165, 1.54) is 0 Å². The number of hydrogen-bond acceptors (Lipinski definition) is 4. The Bertz CT molecular complexity index is 259. The van der Waals surface area contributed by atoms with Gasteiger partial charge in [0.25, 0.3) is 0 Å². The summed E-state index contributed by atoms with van der Waals surface area (Å²) in [6.07, 6.45) is 0.919. The van der Waals surface area contributed by atoms with Crippen LogP contribution in [0.15, 0.2) is 0 Å². The van der Waals surface area contributed by atoms with Gasteiger partial charge >= 0.3 is 0 Å². The van der Waals surface area contributed by atoms with E-state index in [4.69, 9.17) is 5.26 Å². The van der Waals surface area contributed by atoms with Gasteiger partial charge in [-0.1, -0.05) is 0 Å². The van der Waals surface area contributed by atoms with E-state index in [0.717, 1.165) is 32.6 Å². The predicted octanol–water partition coefficient (Wildman–Crippen LogP) is 0.903. The van der Waals surface area contributed by atoms with Crippen molar-refractivity contribution in [1.82, 2.24) is 15.1 Å². The Morgan fingerprint density at radius 1 is 1.41 bits per heavy atom. The zero-order chi connectivity index (χ0) is 12.8. The van der Waals surface area contributed by atoms with Crippen molar-refractivity contribution in [1.29, 1.82) is 5.26 Å². The van der Waals surface area contributed by atoms with Crippen LogP contribution in [0.5, 0.6) is 0 Å². The Hall–Kier alpha value is -0.630. The molecular formula is C13H26N4. The highest BCUT2D eigenvalue weighted by atomic mass is 15.3. The molecule has 4 nitrogen and oxygen atoms in total. The van der Waals surface area contributed by atoms with Gasteiger partial charge in [-0.3, -0.25) is 10.2 Å². The number of likely N-dealkylation sites (N-methyl/N-ethyl adjacent to an activating group) is 1. The molecule has 17 heavy (non-hydrogen) atoms. The van der Waals surface area contributed by atoms with Crippen LogP contribution < -0.4 is 5.32 Å². The van der Waals surface area contributed by atoms with E-state index in [1.807, 2.05) is 0 Å². The molecule has 0 aromatic rings. The predicted molar refractivity (Wildman–Crippen MR) is 70.8 cm³/mol. The minimum atomic E-state index is -0.0122. The quantitative estimate of drug-likeness (QED) is 0.773. The fraction of sp³-hybridized carbons (Fsp3) is 0.923. The van der Waals surface area contributed by atoms with Crippen LogP contribution in [0.3, 0.4) is 0 Å². The fourth-order valence-corrected chi connectivity index (χ4v) is 2.39. The number of piperazine rings is 1. The summed E-state index contributed by atoms with van der Waals surface area (Å²) in [4.78, 5) is 4.86. The first-order valence-electron chi connectivity index (χ1n) is 6.61. The molecule has 2 atom stereocenters. The molecule has 1 rings (SSSR count). The topological polar surface area (TPSA) is 42.3 Å². The van der Waals surface area contributed by atoms with E-state index >= 15 is 0 Å². The van der Waals surface area contributed by atoms with Gasteiger partial charge in [0.05, 0.1) is 12.1 Å². The Labute approximate surface area is 106 Å². The first-order chi connectivity index (χ1) is 8.02. The van der Waals surface area contributed by atoms with E-state index in [-0.39, 0.29) is 6.04 Å². The number of nitriles is 1. The van der Waals surface area contributed by atoms with Crippen molar-refractivity contribution in [2.75, 3.05) is 33.2 Å². The maximum atomic E-state index is 9.07. The molecular weight excluding hydrogens is 212 g/mol. The molecule has 0 radical (unpaired) electrons. The van der Waals surface area contributed by atoms with Crippen molar-refractivity contribution in [3.63, 3.8) is 0 Å². The monoisotopic (exact) mass is 238 g/mol. The van der Waals surface area contributed by atoms with Gasteiger partial charge in [-0.25, -0.2) is 0 Å². The molecule has 1 heterocycles. The second-order valence-corrected chi connectivity index (χ2v) is 5.44. The van der Waals surface area contributed by atoms with Gasteiger partial charge < -0.3 is 4.90 Å². The molecule has 1 aliphatic heterocycles. The molecule has 1 N–H and O–H groups in total. The zero-order valence-electron chi connectivity index (χ0n) is 11.6. The van der Waals surface area contributed by atoms with Gasteiger partial charge in [0, 0.05) is 38.3 Å². The van der Waals surface area contributed by atoms with Crippen molar-refractivity contribution in [3.8, 4) is 6.07 Å². The van der Waals surface area contributed by atoms with Gasteiger partial charge in [-0.05, 0) is 34.2 Å². The summed E-state index contributed by atoms with van der Waals surface area (Å²) in [6, 6.07) is 3.32. The van der Waals surface area contributed by atoms with Crippen LogP contribution in [0.25, 0.3) is 0 Å². The molecule has 0 aromatic heterocycles. The maximum Gasteiger partial charge on any atom is 0.0967 e. The highest BCUT2D eigenvalue weighted by molar-refractivity contribution is 4.92. The number of rotatable bonds is 5. The molecule has 98 valence electrons. The summed E-state index contributed by atoms with van der Waals surface area (Å²) in [5, 5.41) is 12.4. The van der Waals surface area contributed by atoms with Crippen LogP contribution in [0, 0.1) is 11.3 Å². The van der Waals surface area contributed by atoms with Crippen molar-refractivity contribution in [2.45, 2.75) is 45.3 Å². The molecule has 0 aliphatic carbocycles. The van der Waals surface area contributed by atoms with Crippen molar-refractivity contribution < 1.29 is 0 Å². The van der Waals surface area contributed by atoms with Crippen LogP contribution in [0.1, 0.15) is 27.2 Å². The van der Waals surface area contributed by atoms with E-state index in [9.17, 15) is 0 Å². The lowest BCUT2D eigenvalue weighted by Crippen LogP contribution is -2.51. The first kappa shape index (κ1) is 14.4. The highest BCUT2D eigenvalue weighted by Gasteiger charge is 2.22. The number of hydrogen-bond donors (Lipinski definition) is 1. The molecule has 2 unspecified atom stereocenters. The molecule has 0 amide bonds. The third-order valence-electron chi connectivity index (χ3n) is 3.36. The van der Waals surface area contributed by atoms with Crippen molar-refractivity contribution in [2.24, 2.45) is 0 Å². The fourth-order valence-electron chi connectivity index (χ4n) is 2.39. The Morgan fingerprint density at radius 2 is 2.12 bits per heavy atom. The molecule has 0 saturated carbocycles. The minimum absolute atomic E-state index is 0.0122. The summed E-state index contributed by atoms with van der Waals surface area (Å²) >= 11 is 0. The molecule has 0 aromatic carbocycles. The summed E-state index contributed by atoms with van der Waals surface area (Å²) < 4.78 is 0. The lowest BCUT2D eigenvalue weighted by atomic mass is 10.1. The lowest BCUT2D eigenvalue weighted by molar-refractivity contribution is 0.0974. The normalized spacial score (nSPS) is 24.8. The third-order valence-corrected chi connectivity index (χ3v) is 3.36. The van der Waals surface area contributed by atoms with Gasteiger partial charge in [0.2, 0.25) is 0 Å². The number of nitrogens with one attached hydrogen (secondary N) is 1.